The average Bonchev–Trinajstić information content (AvgIpc) is 2.63. The Labute approximate surface area is 159 Å². The SMILES string of the molecule is CCCCCC(O)c1ccc(OCCCOc2ccc(Br)cc2)cc1. The third kappa shape index (κ3) is 7.49. The van der Waals surface area contributed by atoms with Crippen LogP contribution in [-0.2, 0) is 0 Å². The molecule has 0 saturated carbocycles. The van der Waals surface area contributed by atoms with Crippen LogP contribution in [-0.4, -0.2) is 18.3 Å². The minimum absolute atomic E-state index is 0.375. The Morgan fingerprint density at radius 1 is 0.840 bits per heavy atom. The Hall–Kier alpha value is -1.52. The van der Waals surface area contributed by atoms with Gasteiger partial charge in [-0.3, -0.25) is 0 Å². The van der Waals surface area contributed by atoms with Gasteiger partial charge in [-0.15, -0.1) is 0 Å². The van der Waals surface area contributed by atoms with E-state index in [0.717, 1.165) is 40.8 Å². The van der Waals surface area contributed by atoms with Crippen molar-refractivity contribution >= 4 is 15.9 Å². The van der Waals surface area contributed by atoms with Crippen LogP contribution in [0.4, 0.5) is 0 Å². The highest BCUT2D eigenvalue weighted by Gasteiger charge is 2.07. The van der Waals surface area contributed by atoms with Gasteiger partial charge in [0.2, 0.25) is 0 Å². The molecule has 1 N–H and O–H groups in total. The van der Waals surface area contributed by atoms with E-state index in [4.69, 9.17) is 9.47 Å². The Morgan fingerprint density at radius 2 is 1.40 bits per heavy atom. The molecule has 1 atom stereocenters. The average molecular weight is 407 g/mol. The molecule has 0 aliphatic rings. The molecule has 0 spiro atoms. The lowest BCUT2D eigenvalue weighted by atomic mass is 10.0. The molecule has 1 unspecified atom stereocenters. The summed E-state index contributed by atoms with van der Waals surface area (Å²) in [5.74, 6) is 1.69. The van der Waals surface area contributed by atoms with E-state index >= 15 is 0 Å². The molecule has 3 nitrogen and oxygen atoms in total. The van der Waals surface area contributed by atoms with E-state index in [1.807, 2.05) is 48.5 Å². The fraction of sp³-hybridized carbons (Fsp3) is 0.429. The van der Waals surface area contributed by atoms with Gasteiger partial charge in [0.1, 0.15) is 11.5 Å². The lowest BCUT2D eigenvalue weighted by Gasteiger charge is -2.12. The Kier molecular flexibility index (Phi) is 8.84. The minimum Gasteiger partial charge on any atom is -0.493 e. The van der Waals surface area contributed by atoms with Gasteiger partial charge in [0, 0.05) is 10.9 Å². The third-order valence-corrected chi connectivity index (χ3v) is 4.51. The lowest BCUT2D eigenvalue weighted by Crippen LogP contribution is -2.05. The summed E-state index contributed by atoms with van der Waals surface area (Å²) < 4.78 is 12.4. The number of aliphatic hydroxyl groups excluding tert-OH is 1. The molecule has 0 fully saturated rings. The summed E-state index contributed by atoms with van der Waals surface area (Å²) in [4.78, 5) is 0. The molecule has 136 valence electrons. The molecule has 0 aliphatic heterocycles. The summed E-state index contributed by atoms with van der Waals surface area (Å²) in [5, 5.41) is 10.1. The molecular formula is C21H27BrO3. The second kappa shape index (κ2) is 11.2. The Morgan fingerprint density at radius 3 is 1.96 bits per heavy atom. The molecule has 0 aromatic heterocycles. The minimum atomic E-state index is -0.375. The second-order valence-corrected chi connectivity index (χ2v) is 7.00. The highest BCUT2D eigenvalue weighted by Crippen LogP contribution is 2.22. The molecule has 0 bridgehead atoms. The van der Waals surface area contributed by atoms with Crippen molar-refractivity contribution in [3.8, 4) is 11.5 Å². The number of ether oxygens (including phenoxy) is 2. The largest absolute Gasteiger partial charge is 0.493 e. The van der Waals surface area contributed by atoms with Crippen LogP contribution in [0.3, 0.4) is 0 Å². The molecular weight excluding hydrogens is 380 g/mol. The lowest BCUT2D eigenvalue weighted by molar-refractivity contribution is 0.163. The van der Waals surface area contributed by atoms with E-state index in [2.05, 4.69) is 22.9 Å². The maximum absolute atomic E-state index is 10.1. The first kappa shape index (κ1) is 19.8. The Balaban J connectivity index is 1.64. The van der Waals surface area contributed by atoms with Crippen molar-refractivity contribution in [2.45, 2.75) is 45.1 Å². The summed E-state index contributed by atoms with van der Waals surface area (Å²) in [6, 6.07) is 15.6. The molecule has 0 radical (unpaired) electrons. The van der Waals surface area contributed by atoms with Crippen molar-refractivity contribution in [3.63, 3.8) is 0 Å². The molecule has 2 aromatic rings. The summed E-state index contributed by atoms with van der Waals surface area (Å²) in [6.45, 7) is 3.40. The van der Waals surface area contributed by atoms with Crippen LogP contribution in [0.15, 0.2) is 53.0 Å². The van der Waals surface area contributed by atoms with Crippen molar-refractivity contribution in [1.29, 1.82) is 0 Å². The second-order valence-electron chi connectivity index (χ2n) is 6.09. The van der Waals surface area contributed by atoms with Crippen molar-refractivity contribution in [3.05, 3.63) is 58.6 Å². The van der Waals surface area contributed by atoms with Gasteiger partial charge in [-0.1, -0.05) is 54.2 Å². The van der Waals surface area contributed by atoms with Crippen molar-refractivity contribution in [1.82, 2.24) is 0 Å². The first-order valence-electron chi connectivity index (χ1n) is 8.98. The van der Waals surface area contributed by atoms with E-state index in [1.54, 1.807) is 0 Å². The van der Waals surface area contributed by atoms with Crippen LogP contribution >= 0.6 is 15.9 Å². The van der Waals surface area contributed by atoms with Gasteiger partial charge in [-0.2, -0.15) is 0 Å². The first-order valence-corrected chi connectivity index (χ1v) is 9.77. The van der Waals surface area contributed by atoms with Crippen LogP contribution in [0.25, 0.3) is 0 Å². The fourth-order valence-corrected chi connectivity index (χ4v) is 2.77. The summed E-state index contributed by atoms with van der Waals surface area (Å²) in [7, 11) is 0. The van der Waals surface area contributed by atoms with E-state index in [0.29, 0.717) is 13.2 Å². The number of hydrogen-bond donors (Lipinski definition) is 1. The summed E-state index contributed by atoms with van der Waals surface area (Å²) >= 11 is 3.40. The molecule has 25 heavy (non-hydrogen) atoms. The molecule has 0 heterocycles. The standard InChI is InChI=1S/C21H27BrO3/c1-2-3-4-6-21(23)17-7-11-19(12-8-17)24-15-5-16-25-20-13-9-18(22)10-14-20/h7-14,21,23H,2-6,15-16H2,1H3. The summed E-state index contributed by atoms with van der Waals surface area (Å²) in [6.07, 6.45) is 4.67. The van der Waals surface area contributed by atoms with Gasteiger partial charge in [0.15, 0.2) is 0 Å². The number of halogens is 1. The van der Waals surface area contributed by atoms with Crippen LogP contribution in [0.5, 0.6) is 11.5 Å². The molecule has 0 saturated heterocycles. The zero-order valence-electron chi connectivity index (χ0n) is 14.8. The van der Waals surface area contributed by atoms with Crippen LogP contribution in [0.1, 0.15) is 50.7 Å². The smallest absolute Gasteiger partial charge is 0.119 e. The quantitative estimate of drug-likeness (QED) is 0.471. The van der Waals surface area contributed by atoms with Gasteiger partial charge in [-0.05, 0) is 48.4 Å². The molecule has 2 rings (SSSR count). The van der Waals surface area contributed by atoms with Crippen LogP contribution < -0.4 is 9.47 Å². The molecule has 0 aliphatic carbocycles. The molecule has 2 aromatic carbocycles. The normalized spacial score (nSPS) is 12.0. The predicted octanol–water partition coefficient (Wildman–Crippen LogP) is 5.91. The first-order chi connectivity index (χ1) is 12.2. The van der Waals surface area contributed by atoms with E-state index in [9.17, 15) is 5.11 Å². The van der Waals surface area contributed by atoms with Crippen molar-refractivity contribution < 1.29 is 14.6 Å². The van der Waals surface area contributed by atoms with E-state index in [-0.39, 0.29) is 6.10 Å². The number of unbranched alkanes of at least 4 members (excludes halogenated alkanes) is 2. The maximum atomic E-state index is 10.1. The maximum Gasteiger partial charge on any atom is 0.119 e. The number of rotatable bonds is 11. The van der Waals surface area contributed by atoms with Crippen molar-refractivity contribution in [2.24, 2.45) is 0 Å². The van der Waals surface area contributed by atoms with E-state index in [1.165, 1.54) is 12.8 Å². The number of benzene rings is 2. The van der Waals surface area contributed by atoms with Crippen molar-refractivity contribution in [2.75, 3.05) is 13.2 Å². The van der Waals surface area contributed by atoms with Gasteiger partial charge < -0.3 is 14.6 Å². The predicted molar refractivity (Wildman–Crippen MR) is 105 cm³/mol. The van der Waals surface area contributed by atoms with Gasteiger partial charge in [0.25, 0.3) is 0 Å². The zero-order valence-corrected chi connectivity index (χ0v) is 16.4. The van der Waals surface area contributed by atoms with Gasteiger partial charge in [0.05, 0.1) is 19.3 Å². The van der Waals surface area contributed by atoms with Crippen LogP contribution in [0, 0.1) is 0 Å². The molecule has 0 amide bonds. The number of aliphatic hydroxyl groups is 1. The monoisotopic (exact) mass is 406 g/mol. The van der Waals surface area contributed by atoms with Gasteiger partial charge >= 0.3 is 0 Å². The Bertz CT molecular complexity index is 596. The zero-order chi connectivity index (χ0) is 17.9. The highest BCUT2D eigenvalue weighted by molar-refractivity contribution is 9.10. The summed E-state index contributed by atoms with van der Waals surface area (Å²) in [5.41, 5.74) is 0.960. The highest BCUT2D eigenvalue weighted by atomic mass is 79.9. The van der Waals surface area contributed by atoms with Gasteiger partial charge in [-0.25, -0.2) is 0 Å². The topological polar surface area (TPSA) is 38.7 Å². The van der Waals surface area contributed by atoms with Crippen LogP contribution in [0.2, 0.25) is 0 Å². The van der Waals surface area contributed by atoms with E-state index < -0.39 is 0 Å². The number of hydrogen-bond acceptors (Lipinski definition) is 3. The molecule has 4 heteroatoms. The fourth-order valence-electron chi connectivity index (χ4n) is 2.51. The third-order valence-electron chi connectivity index (χ3n) is 3.99.